The van der Waals surface area contributed by atoms with Crippen molar-refractivity contribution in [3.63, 3.8) is 0 Å². The Labute approximate surface area is 104 Å². The zero-order chi connectivity index (χ0) is 11.8. The van der Waals surface area contributed by atoms with E-state index in [0.29, 0.717) is 0 Å². The molecule has 0 aliphatic heterocycles. The fourth-order valence-electron chi connectivity index (χ4n) is 0.654. The van der Waals surface area contributed by atoms with Crippen LogP contribution in [0, 0.1) is 0 Å². The molecular weight excluding hydrogens is 267 g/mol. The zero-order valence-corrected chi connectivity index (χ0v) is 11.4. The number of aromatic hydroxyl groups is 1. The van der Waals surface area contributed by atoms with Gasteiger partial charge in [0.05, 0.1) is 6.54 Å². The van der Waals surface area contributed by atoms with Crippen LogP contribution in [0.15, 0.2) is 24.3 Å². The summed E-state index contributed by atoms with van der Waals surface area (Å²) < 4.78 is 0. The molecule has 0 unspecified atom stereocenters. The van der Waals surface area contributed by atoms with E-state index >= 15 is 0 Å². The third-order valence-electron chi connectivity index (χ3n) is 1.31. The first-order valence-corrected chi connectivity index (χ1v) is 3.92. The summed E-state index contributed by atoms with van der Waals surface area (Å²) in [6.07, 6.45) is 0. The van der Waals surface area contributed by atoms with Crippen LogP contribution in [-0.2, 0) is 24.3 Å². The second-order valence-corrected chi connectivity index (χ2v) is 2.42. The number of carbonyl (C=O) groups is 2. The monoisotopic (exact) mass is 277 g/mol. The molecule has 0 aliphatic rings. The molecule has 0 aliphatic carbocycles. The predicted octanol–water partition coefficient (Wildman–Crippen LogP) is 0.118. The number of benzene rings is 1. The molecule has 1 aromatic rings. The Morgan fingerprint density at radius 2 is 1.62 bits per heavy atom. The maximum absolute atomic E-state index is 10.3. The normalized spacial score (nSPS) is 8.06. The van der Waals surface area contributed by atoms with E-state index in [4.69, 9.17) is 15.3 Å². The molecule has 0 radical (unpaired) electrons. The minimum atomic E-state index is -1.11. The van der Waals surface area contributed by atoms with E-state index < -0.39 is 11.9 Å². The second kappa shape index (κ2) is 8.82. The van der Waals surface area contributed by atoms with Gasteiger partial charge in [-0.15, -0.1) is 0 Å². The summed E-state index contributed by atoms with van der Waals surface area (Å²) in [7, 11) is 0. The van der Waals surface area contributed by atoms with Gasteiger partial charge in [0.15, 0.2) is 0 Å². The summed E-state index contributed by atoms with van der Waals surface area (Å²) in [5.41, 5.74) is 4.50. The van der Waals surface area contributed by atoms with Crippen molar-refractivity contribution in [2.24, 2.45) is 5.73 Å². The van der Waals surface area contributed by atoms with Gasteiger partial charge in [0.25, 0.3) is 0 Å². The van der Waals surface area contributed by atoms with Crippen molar-refractivity contribution < 1.29 is 44.4 Å². The van der Waals surface area contributed by atoms with Crippen molar-refractivity contribution in [2.75, 3.05) is 6.54 Å². The van der Waals surface area contributed by atoms with Crippen LogP contribution in [0.2, 0.25) is 0 Å². The first-order chi connectivity index (χ1) is 6.99. The van der Waals surface area contributed by atoms with E-state index in [1.54, 1.807) is 12.1 Å². The van der Waals surface area contributed by atoms with Gasteiger partial charge in [-0.05, 0) is 12.1 Å². The van der Waals surface area contributed by atoms with Crippen LogP contribution < -0.4 is 5.73 Å². The van der Waals surface area contributed by atoms with Gasteiger partial charge in [-0.2, -0.15) is 0 Å². The molecule has 0 aromatic heterocycles. The van der Waals surface area contributed by atoms with E-state index in [9.17, 15) is 9.59 Å². The fraction of sp³-hybridized carbons (Fsp3) is 0.111. The number of rotatable bonds is 2. The molecule has 0 saturated carbocycles. The standard InChI is InChI=1S/C7H6O3.C2H5NO2.Zn/c8-6-4-2-1-3-5(6)7(9)10;3-1-2(4)5;/h1-4,8H,(H,9,10);1,3H2,(H,4,5);. The van der Waals surface area contributed by atoms with Crippen LogP contribution in [0.4, 0.5) is 0 Å². The molecule has 1 rings (SSSR count). The summed E-state index contributed by atoms with van der Waals surface area (Å²) in [6, 6.07) is 5.81. The molecule has 0 fully saturated rings. The van der Waals surface area contributed by atoms with Gasteiger partial charge in [0, 0.05) is 19.5 Å². The molecule has 0 amide bonds. The van der Waals surface area contributed by atoms with Crippen molar-refractivity contribution in [3.05, 3.63) is 29.8 Å². The van der Waals surface area contributed by atoms with Gasteiger partial charge in [-0.1, -0.05) is 12.1 Å². The number of hydrogen-bond donors (Lipinski definition) is 4. The number of para-hydroxylation sites is 1. The predicted molar refractivity (Wildman–Crippen MR) is 51.8 cm³/mol. The maximum atomic E-state index is 10.3. The zero-order valence-electron chi connectivity index (χ0n) is 8.46. The third kappa shape index (κ3) is 6.92. The largest absolute Gasteiger partial charge is 0.507 e. The molecular formula is C9H11NO5Zn. The number of carboxylic acid groups (broad SMARTS) is 2. The van der Waals surface area contributed by atoms with Crippen molar-refractivity contribution in [1.29, 1.82) is 0 Å². The SMILES string of the molecule is NCC(=O)O.O=C(O)c1ccccc1O.[Zn]. The summed E-state index contributed by atoms with van der Waals surface area (Å²) >= 11 is 0. The average Bonchev–Trinajstić information content (AvgIpc) is 2.19. The Hall–Kier alpha value is -1.46. The Morgan fingerprint density at radius 1 is 1.19 bits per heavy atom. The fourth-order valence-corrected chi connectivity index (χ4v) is 0.654. The van der Waals surface area contributed by atoms with E-state index in [2.05, 4.69) is 5.73 Å². The smallest absolute Gasteiger partial charge is 0.339 e. The number of hydrogen-bond acceptors (Lipinski definition) is 4. The Bertz CT molecular complexity index is 356. The second-order valence-electron chi connectivity index (χ2n) is 2.42. The Morgan fingerprint density at radius 3 is 1.88 bits per heavy atom. The topological polar surface area (TPSA) is 121 Å². The van der Waals surface area contributed by atoms with E-state index in [0.717, 1.165) is 0 Å². The van der Waals surface area contributed by atoms with Gasteiger partial charge < -0.3 is 21.1 Å². The molecule has 0 heterocycles. The third-order valence-corrected chi connectivity index (χ3v) is 1.31. The number of aliphatic carboxylic acids is 1. The Balaban J connectivity index is 0. The van der Waals surface area contributed by atoms with Gasteiger partial charge in [0.2, 0.25) is 0 Å². The molecule has 1 aromatic carbocycles. The molecule has 84 valence electrons. The van der Waals surface area contributed by atoms with Gasteiger partial charge >= 0.3 is 11.9 Å². The molecule has 6 nitrogen and oxygen atoms in total. The van der Waals surface area contributed by atoms with E-state index in [-0.39, 0.29) is 37.3 Å². The summed E-state index contributed by atoms with van der Waals surface area (Å²) in [4.78, 5) is 19.5. The maximum Gasteiger partial charge on any atom is 0.339 e. The molecule has 0 atom stereocenters. The van der Waals surface area contributed by atoms with Crippen LogP contribution in [-0.4, -0.2) is 33.8 Å². The van der Waals surface area contributed by atoms with Crippen LogP contribution in [0.1, 0.15) is 10.4 Å². The van der Waals surface area contributed by atoms with Crippen LogP contribution in [0.5, 0.6) is 5.75 Å². The van der Waals surface area contributed by atoms with E-state index in [1.165, 1.54) is 12.1 Å². The van der Waals surface area contributed by atoms with Crippen LogP contribution in [0.25, 0.3) is 0 Å². The van der Waals surface area contributed by atoms with Crippen molar-refractivity contribution in [1.82, 2.24) is 0 Å². The first-order valence-electron chi connectivity index (χ1n) is 3.92. The molecule has 0 bridgehead atoms. The first kappa shape index (κ1) is 17.0. The molecule has 5 N–H and O–H groups in total. The Kier molecular flexibility index (Phi) is 9.35. The molecule has 7 heteroatoms. The van der Waals surface area contributed by atoms with Gasteiger partial charge in [-0.25, -0.2) is 4.79 Å². The van der Waals surface area contributed by atoms with Crippen molar-refractivity contribution in [3.8, 4) is 5.75 Å². The minimum Gasteiger partial charge on any atom is -0.507 e. The number of phenols is 1. The number of aromatic carboxylic acids is 1. The number of carboxylic acids is 2. The van der Waals surface area contributed by atoms with Crippen molar-refractivity contribution in [2.45, 2.75) is 0 Å². The molecule has 0 spiro atoms. The minimum absolute atomic E-state index is 0. The summed E-state index contributed by atoms with van der Waals surface area (Å²) in [5.74, 6) is -2.28. The van der Waals surface area contributed by atoms with E-state index in [1.807, 2.05) is 0 Å². The molecule has 0 saturated heterocycles. The summed E-state index contributed by atoms with van der Waals surface area (Å²) in [5, 5.41) is 24.9. The average molecular weight is 279 g/mol. The van der Waals surface area contributed by atoms with Crippen LogP contribution in [0.3, 0.4) is 0 Å². The van der Waals surface area contributed by atoms with Gasteiger partial charge in [-0.3, -0.25) is 4.79 Å². The van der Waals surface area contributed by atoms with Gasteiger partial charge in [0.1, 0.15) is 11.3 Å². The van der Waals surface area contributed by atoms with Crippen molar-refractivity contribution >= 4 is 11.9 Å². The summed E-state index contributed by atoms with van der Waals surface area (Å²) in [6.45, 7) is -0.278. The molecule has 16 heavy (non-hydrogen) atoms. The quantitative estimate of drug-likeness (QED) is 0.570. The number of nitrogens with two attached hydrogens (primary N) is 1. The van der Waals surface area contributed by atoms with Crippen LogP contribution >= 0.6 is 0 Å².